The van der Waals surface area contributed by atoms with Crippen LogP contribution in [0.3, 0.4) is 0 Å². The molecular formula is C16H11FO5S. The van der Waals surface area contributed by atoms with Gasteiger partial charge in [0.1, 0.15) is 10.7 Å². The summed E-state index contributed by atoms with van der Waals surface area (Å²) in [6.07, 6.45) is 0. The summed E-state index contributed by atoms with van der Waals surface area (Å²) in [5, 5.41) is 0.360. The van der Waals surface area contributed by atoms with Gasteiger partial charge in [-0.25, -0.2) is 17.6 Å². The van der Waals surface area contributed by atoms with Crippen LogP contribution in [0.5, 0.6) is 5.75 Å². The third-order valence-corrected chi connectivity index (χ3v) is 5.10. The van der Waals surface area contributed by atoms with Gasteiger partial charge in [0, 0.05) is 5.39 Å². The number of ether oxygens (including phenoxy) is 1. The van der Waals surface area contributed by atoms with Crippen molar-refractivity contribution in [3.63, 3.8) is 0 Å². The van der Waals surface area contributed by atoms with E-state index in [1.165, 1.54) is 19.2 Å². The van der Waals surface area contributed by atoms with E-state index in [0.717, 1.165) is 18.2 Å². The minimum atomic E-state index is -4.33. The molecule has 0 aliphatic heterocycles. The van der Waals surface area contributed by atoms with E-state index >= 15 is 0 Å². The smallest absolute Gasteiger partial charge is 0.355 e. The first-order valence-electron chi connectivity index (χ1n) is 6.55. The van der Waals surface area contributed by atoms with Crippen LogP contribution in [0, 0.1) is 5.82 Å². The van der Waals surface area contributed by atoms with Crippen molar-refractivity contribution in [3.8, 4) is 5.75 Å². The zero-order chi connectivity index (χ0) is 16.6. The Labute approximate surface area is 130 Å². The molecule has 7 heteroatoms. The fourth-order valence-electron chi connectivity index (χ4n) is 2.23. The Morgan fingerprint density at radius 1 is 1.04 bits per heavy atom. The van der Waals surface area contributed by atoms with Crippen molar-refractivity contribution in [2.75, 3.05) is 7.11 Å². The number of hydrogen-bond donors (Lipinski definition) is 0. The van der Waals surface area contributed by atoms with E-state index < -0.39 is 31.1 Å². The van der Waals surface area contributed by atoms with Crippen LogP contribution in [0.2, 0.25) is 0 Å². The van der Waals surface area contributed by atoms with Gasteiger partial charge in [-0.15, -0.1) is 0 Å². The SMILES string of the molecule is COc1cccc2cc(S(=O)(=O)c3ccccc3F)c(=O)oc12. The largest absolute Gasteiger partial charge is 0.493 e. The van der Waals surface area contributed by atoms with Crippen molar-refractivity contribution in [2.24, 2.45) is 0 Å². The Hall–Kier alpha value is -2.67. The molecule has 23 heavy (non-hydrogen) atoms. The van der Waals surface area contributed by atoms with Gasteiger partial charge in [-0.1, -0.05) is 24.3 Å². The van der Waals surface area contributed by atoms with Gasteiger partial charge in [0.05, 0.1) is 7.11 Å². The van der Waals surface area contributed by atoms with Crippen LogP contribution in [-0.2, 0) is 9.84 Å². The highest BCUT2D eigenvalue weighted by Crippen LogP contribution is 2.28. The molecule has 0 saturated carbocycles. The average molecular weight is 334 g/mol. The molecule has 0 amide bonds. The molecular weight excluding hydrogens is 323 g/mol. The molecule has 0 radical (unpaired) electrons. The molecule has 0 bridgehead atoms. The minimum Gasteiger partial charge on any atom is -0.493 e. The van der Waals surface area contributed by atoms with Crippen LogP contribution in [0.15, 0.2) is 67.5 Å². The number of benzene rings is 2. The molecule has 0 unspecified atom stereocenters. The summed E-state index contributed by atoms with van der Waals surface area (Å²) in [4.78, 5) is 10.9. The maximum Gasteiger partial charge on any atom is 0.355 e. The molecule has 0 N–H and O–H groups in total. The first-order valence-corrected chi connectivity index (χ1v) is 8.04. The Morgan fingerprint density at radius 2 is 1.78 bits per heavy atom. The highest BCUT2D eigenvalue weighted by molar-refractivity contribution is 7.91. The quantitative estimate of drug-likeness (QED) is 0.689. The molecule has 118 valence electrons. The summed E-state index contributed by atoms with van der Waals surface area (Å²) in [5.74, 6) is -0.632. The summed E-state index contributed by atoms with van der Waals surface area (Å²) < 4.78 is 49.0. The van der Waals surface area contributed by atoms with Crippen molar-refractivity contribution in [2.45, 2.75) is 9.79 Å². The van der Waals surface area contributed by atoms with Crippen LogP contribution in [0.4, 0.5) is 4.39 Å². The normalized spacial score (nSPS) is 11.6. The van der Waals surface area contributed by atoms with Crippen LogP contribution < -0.4 is 10.4 Å². The number of methoxy groups -OCH3 is 1. The van der Waals surface area contributed by atoms with E-state index in [4.69, 9.17) is 9.15 Å². The molecule has 0 aliphatic carbocycles. The zero-order valence-corrected chi connectivity index (χ0v) is 12.8. The molecule has 3 rings (SSSR count). The number of para-hydroxylation sites is 1. The van der Waals surface area contributed by atoms with Crippen molar-refractivity contribution in [1.29, 1.82) is 0 Å². The van der Waals surface area contributed by atoms with Crippen molar-refractivity contribution < 1.29 is 22.0 Å². The summed E-state index contributed by atoms with van der Waals surface area (Å²) in [7, 11) is -2.93. The molecule has 5 nitrogen and oxygen atoms in total. The van der Waals surface area contributed by atoms with Gasteiger partial charge in [0.2, 0.25) is 9.84 Å². The van der Waals surface area contributed by atoms with E-state index in [2.05, 4.69) is 0 Å². The lowest BCUT2D eigenvalue weighted by molar-refractivity contribution is 0.405. The predicted octanol–water partition coefficient (Wildman–Crippen LogP) is 2.77. The fourth-order valence-corrected chi connectivity index (χ4v) is 3.59. The van der Waals surface area contributed by atoms with Crippen molar-refractivity contribution in [3.05, 3.63) is 64.8 Å². The lowest BCUT2D eigenvalue weighted by atomic mass is 10.2. The molecule has 0 fully saturated rings. The molecule has 1 aromatic heterocycles. The van der Waals surface area contributed by atoms with Crippen LogP contribution in [0.1, 0.15) is 0 Å². The monoisotopic (exact) mass is 334 g/mol. The van der Waals surface area contributed by atoms with Gasteiger partial charge in [-0.3, -0.25) is 0 Å². The molecule has 0 saturated heterocycles. The van der Waals surface area contributed by atoms with E-state index in [1.807, 2.05) is 0 Å². The number of fused-ring (bicyclic) bond motifs is 1. The van der Waals surface area contributed by atoms with E-state index in [0.29, 0.717) is 11.1 Å². The lowest BCUT2D eigenvalue weighted by Crippen LogP contribution is -2.15. The van der Waals surface area contributed by atoms with E-state index in [9.17, 15) is 17.6 Å². The zero-order valence-electron chi connectivity index (χ0n) is 11.9. The van der Waals surface area contributed by atoms with Crippen LogP contribution >= 0.6 is 0 Å². The molecule has 0 aliphatic rings. The Bertz CT molecular complexity index is 1050. The predicted molar refractivity (Wildman–Crippen MR) is 80.9 cm³/mol. The van der Waals surface area contributed by atoms with Gasteiger partial charge in [0.15, 0.2) is 16.2 Å². The lowest BCUT2D eigenvalue weighted by Gasteiger charge is -2.07. The highest BCUT2D eigenvalue weighted by Gasteiger charge is 2.26. The maximum absolute atomic E-state index is 13.8. The Balaban J connectivity index is 2.31. The van der Waals surface area contributed by atoms with Gasteiger partial charge < -0.3 is 9.15 Å². The van der Waals surface area contributed by atoms with Gasteiger partial charge in [-0.2, -0.15) is 0 Å². The second kappa shape index (κ2) is 5.51. The van der Waals surface area contributed by atoms with Crippen LogP contribution in [0.25, 0.3) is 11.0 Å². The second-order valence-electron chi connectivity index (χ2n) is 4.71. The van der Waals surface area contributed by atoms with Gasteiger partial charge >= 0.3 is 5.63 Å². The summed E-state index contributed by atoms with van der Waals surface area (Å²) in [6, 6.07) is 10.8. The molecule has 2 aromatic carbocycles. The average Bonchev–Trinajstić information content (AvgIpc) is 2.53. The van der Waals surface area contributed by atoms with Crippen molar-refractivity contribution in [1.82, 2.24) is 0 Å². The minimum absolute atomic E-state index is 0.132. The Morgan fingerprint density at radius 3 is 2.48 bits per heavy atom. The second-order valence-corrected chi connectivity index (χ2v) is 6.60. The number of hydrogen-bond acceptors (Lipinski definition) is 5. The maximum atomic E-state index is 13.8. The summed E-state index contributed by atoms with van der Waals surface area (Å²) in [6.45, 7) is 0. The number of sulfone groups is 1. The third kappa shape index (κ3) is 2.49. The van der Waals surface area contributed by atoms with E-state index in [1.54, 1.807) is 18.2 Å². The molecule has 0 spiro atoms. The molecule has 1 heterocycles. The fraction of sp³-hybridized carbons (Fsp3) is 0.0625. The molecule has 0 atom stereocenters. The number of halogens is 1. The standard InChI is InChI=1S/C16H11FO5S/c1-21-12-7-4-5-10-9-14(16(18)22-15(10)12)23(19,20)13-8-3-2-6-11(13)17/h2-9H,1H3. The van der Waals surface area contributed by atoms with Crippen LogP contribution in [-0.4, -0.2) is 15.5 Å². The summed E-state index contributed by atoms with van der Waals surface area (Å²) in [5.41, 5.74) is -0.947. The van der Waals surface area contributed by atoms with Gasteiger partial charge in [0.25, 0.3) is 0 Å². The summed E-state index contributed by atoms with van der Waals surface area (Å²) >= 11 is 0. The Kier molecular flexibility index (Phi) is 3.65. The molecule has 3 aromatic rings. The topological polar surface area (TPSA) is 73.6 Å². The van der Waals surface area contributed by atoms with Crippen molar-refractivity contribution >= 4 is 20.8 Å². The van der Waals surface area contributed by atoms with E-state index in [-0.39, 0.29) is 5.58 Å². The third-order valence-electron chi connectivity index (χ3n) is 3.33. The first kappa shape index (κ1) is 15.2. The first-order chi connectivity index (χ1) is 10.9. The highest BCUT2D eigenvalue weighted by atomic mass is 32.2. The van der Waals surface area contributed by atoms with Gasteiger partial charge in [-0.05, 0) is 24.3 Å². The number of rotatable bonds is 3.